The van der Waals surface area contributed by atoms with Gasteiger partial charge in [0.15, 0.2) is 0 Å². The highest BCUT2D eigenvalue weighted by atomic mass is 79.9. The van der Waals surface area contributed by atoms with Gasteiger partial charge in [-0.3, -0.25) is 4.79 Å². The van der Waals surface area contributed by atoms with Gasteiger partial charge in [0.05, 0.1) is 11.6 Å². The number of benzene rings is 2. The molecule has 2 rings (SSSR count). The van der Waals surface area contributed by atoms with Gasteiger partial charge in [-0.05, 0) is 46.1 Å². The van der Waals surface area contributed by atoms with E-state index in [9.17, 15) is 4.79 Å². The van der Waals surface area contributed by atoms with Gasteiger partial charge in [0.2, 0.25) is 5.91 Å². The van der Waals surface area contributed by atoms with Crippen molar-refractivity contribution < 1.29 is 4.79 Å². The van der Waals surface area contributed by atoms with Crippen LogP contribution in [0.3, 0.4) is 0 Å². The summed E-state index contributed by atoms with van der Waals surface area (Å²) in [5.74, 6) is -0.166. The van der Waals surface area contributed by atoms with Crippen LogP contribution < -0.4 is 5.32 Å². The van der Waals surface area contributed by atoms with Crippen molar-refractivity contribution in [2.75, 3.05) is 5.32 Å². The minimum Gasteiger partial charge on any atom is -0.325 e. The zero-order valence-electron chi connectivity index (χ0n) is 11.1. The molecule has 2 aromatic rings. The van der Waals surface area contributed by atoms with Crippen molar-refractivity contribution in [1.82, 2.24) is 0 Å². The van der Waals surface area contributed by atoms with Crippen LogP contribution in [0.4, 0.5) is 5.69 Å². The van der Waals surface area contributed by atoms with E-state index in [4.69, 9.17) is 11.6 Å². The van der Waals surface area contributed by atoms with Crippen LogP contribution in [-0.2, 0) is 4.79 Å². The van der Waals surface area contributed by atoms with E-state index in [0.717, 1.165) is 22.1 Å². The van der Waals surface area contributed by atoms with Crippen molar-refractivity contribution in [1.29, 1.82) is 0 Å². The number of carbonyl (C=O) groups is 1. The van der Waals surface area contributed by atoms with E-state index in [1.54, 1.807) is 18.2 Å². The van der Waals surface area contributed by atoms with Crippen LogP contribution in [0.15, 0.2) is 53.0 Å². The van der Waals surface area contributed by atoms with Crippen LogP contribution in [0, 0.1) is 0 Å². The fraction of sp³-hybridized carbons (Fsp3) is 0.188. The molecule has 4 heteroatoms. The average molecular weight is 353 g/mol. The van der Waals surface area contributed by atoms with E-state index in [1.807, 2.05) is 37.3 Å². The molecule has 0 bridgehead atoms. The van der Waals surface area contributed by atoms with Crippen molar-refractivity contribution in [3.63, 3.8) is 0 Å². The molecule has 1 atom stereocenters. The first-order valence-electron chi connectivity index (χ1n) is 6.42. The summed E-state index contributed by atoms with van der Waals surface area (Å²) in [6, 6.07) is 15.1. The molecule has 2 nitrogen and oxygen atoms in total. The quantitative estimate of drug-likeness (QED) is 0.801. The van der Waals surface area contributed by atoms with Gasteiger partial charge in [-0.25, -0.2) is 0 Å². The molecule has 0 aromatic heterocycles. The Morgan fingerprint density at radius 2 is 1.95 bits per heavy atom. The first-order chi connectivity index (χ1) is 9.61. The maximum absolute atomic E-state index is 12.4. The van der Waals surface area contributed by atoms with Gasteiger partial charge in [0.25, 0.3) is 0 Å². The molecule has 0 aliphatic heterocycles. The monoisotopic (exact) mass is 351 g/mol. The molecular formula is C16H15BrClNO. The summed E-state index contributed by atoms with van der Waals surface area (Å²) in [7, 11) is 0. The molecular weight excluding hydrogens is 338 g/mol. The predicted octanol–water partition coefficient (Wildman–Crippen LogP) is 5.23. The number of carbonyl (C=O) groups excluding carboxylic acids is 1. The van der Waals surface area contributed by atoms with E-state index in [0.29, 0.717) is 5.02 Å². The highest BCUT2D eigenvalue weighted by molar-refractivity contribution is 9.10. The number of halogens is 2. The number of rotatable bonds is 4. The van der Waals surface area contributed by atoms with E-state index >= 15 is 0 Å². The zero-order chi connectivity index (χ0) is 14.5. The average Bonchev–Trinajstić information content (AvgIpc) is 2.44. The van der Waals surface area contributed by atoms with Gasteiger partial charge in [0.1, 0.15) is 0 Å². The van der Waals surface area contributed by atoms with Crippen molar-refractivity contribution in [3.05, 3.63) is 63.6 Å². The first kappa shape index (κ1) is 15.1. The molecule has 2 aromatic carbocycles. The van der Waals surface area contributed by atoms with Gasteiger partial charge in [0, 0.05) is 9.50 Å². The summed E-state index contributed by atoms with van der Waals surface area (Å²) in [6.07, 6.45) is 0.751. The Morgan fingerprint density at radius 3 is 2.55 bits per heavy atom. The zero-order valence-corrected chi connectivity index (χ0v) is 13.4. The molecule has 0 spiro atoms. The standard InChI is InChI=1S/C16H15BrClNO/c1-2-13(11-6-4-3-5-7-11)16(20)19-15-9-8-12(18)10-14(15)17/h3-10,13H,2H2,1H3,(H,19,20). The molecule has 0 fully saturated rings. The Hall–Kier alpha value is -1.32. The molecule has 0 saturated carbocycles. The van der Waals surface area contributed by atoms with Gasteiger partial charge < -0.3 is 5.32 Å². The molecule has 0 radical (unpaired) electrons. The van der Waals surface area contributed by atoms with E-state index in [-0.39, 0.29) is 11.8 Å². The van der Waals surface area contributed by atoms with Crippen LogP contribution in [0.1, 0.15) is 24.8 Å². The largest absolute Gasteiger partial charge is 0.325 e. The summed E-state index contributed by atoms with van der Waals surface area (Å²) in [6.45, 7) is 2.01. The van der Waals surface area contributed by atoms with Crippen molar-refractivity contribution in [3.8, 4) is 0 Å². The van der Waals surface area contributed by atoms with Gasteiger partial charge >= 0.3 is 0 Å². The topological polar surface area (TPSA) is 29.1 Å². The predicted molar refractivity (Wildman–Crippen MR) is 87.3 cm³/mol. The Balaban J connectivity index is 2.18. The van der Waals surface area contributed by atoms with E-state index in [2.05, 4.69) is 21.2 Å². The fourth-order valence-corrected chi connectivity index (χ4v) is 2.85. The van der Waals surface area contributed by atoms with Crippen LogP contribution in [-0.4, -0.2) is 5.91 Å². The summed E-state index contributed by atoms with van der Waals surface area (Å²) >= 11 is 9.30. The molecule has 0 saturated heterocycles. The second-order valence-electron chi connectivity index (χ2n) is 4.48. The lowest BCUT2D eigenvalue weighted by molar-refractivity contribution is -0.117. The second-order valence-corrected chi connectivity index (χ2v) is 5.78. The Kier molecular flexibility index (Phi) is 5.21. The van der Waals surface area contributed by atoms with E-state index in [1.165, 1.54) is 0 Å². The molecule has 0 aliphatic carbocycles. The van der Waals surface area contributed by atoms with E-state index < -0.39 is 0 Å². The molecule has 1 amide bonds. The Labute approximate surface area is 132 Å². The third-order valence-electron chi connectivity index (χ3n) is 3.12. The summed E-state index contributed by atoms with van der Waals surface area (Å²) in [5, 5.41) is 3.57. The Morgan fingerprint density at radius 1 is 1.25 bits per heavy atom. The normalized spacial score (nSPS) is 11.9. The summed E-state index contributed by atoms with van der Waals surface area (Å²) in [4.78, 5) is 12.4. The highest BCUT2D eigenvalue weighted by Gasteiger charge is 2.19. The van der Waals surface area contributed by atoms with Gasteiger partial charge in [-0.2, -0.15) is 0 Å². The SMILES string of the molecule is CCC(C(=O)Nc1ccc(Cl)cc1Br)c1ccccc1. The van der Waals surface area contributed by atoms with Crippen LogP contribution in [0.5, 0.6) is 0 Å². The van der Waals surface area contributed by atoms with Crippen LogP contribution >= 0.6 is 27.5 Å². The van der Waals surface area contributed by atoms with Crippen molar-refractivity contribution in [2.24, 2.45) is 0 Å². The van der Waals surface area contributed by atoms with Crippen LogP contribution in [0.25, 0.3) is 0 Å². The number of anilines is 1. The van der Waals surface area contributed by atoms with Crippen molar-refractivity contribution in [2.45, 2.75) is 19.3 Å². The Bertz CT molecular complexity index is 601. The van der Waals surface area contributed by atoms with Gasteiger partial charge in [-0.1, -0.05) is 48.9 Å². The third-order valence-corrected chi connectivity index (χ3v) is 4.01. The fourth-order valence-electron chi connectivity index (χ4n) is 2.07. The van der Waals surface area contributed by atoms with Crippen LogP contribution in [0.2, 0.25) is 5.02 Å². The van der Waals surface area contributed by atoms with Crippen molar-refractivity contribution >= 4 is 39.1 Å². The second kappa shape index (κ2) is 6.91. The minimum absolute atomic E-state index is 0.0123. The maximum atomic E-state index is 12.4. The lowest BCUT2D eigenvalue weighted by Gasteiger charge is -2.16. The molecule has 104 valence electrons. The first-order valence-corrected chi connectivity index (χ1v) is 7.59. The molecule has 0 aliphatic rings. The number of hydrogen-bond donors (Lipinski definition) is 1. The lowest BCUT2D eigenvalue weighted by atomic mass is 9.95. The number of amides is 1. The minimum atomic E-state index is -0.154. The molecule has 1 N–H and O–H groups in total. The molecule has 0 heterocycles. The summed E-state index contributed by atoms with van der Waals surface area (Å²) < 4.78 is 0.779. The number of nitrogens with one attached hydrogen (secondary N) is 1. The third kappa shape index (κ3) is 3.62. The maximum Gasteiger partial charge on any atom is 0.231 e. The highest BCUT2D eigenvalue weighted by Crippen LogP contribution is 2.28. The van der Waals surface area contributed by atoms with Gasteiger partial charge in [-0.15, -0.1) is 0 Å². The number of hydrogen-bond acceptors (Lipinski definition) is 1. The lowest BCUT2D eigenvalue weighted by Crippen LogP contribution is -2.20. The summed E-state index contributed by atoms with van der Waals surface area (Å²) in [5.41, 5.74) is 1.76. The smallest absolute Gasteiger partial charge is 0.231 e. The molecule has 20 heavy (non-hydrogen) atoms. The molecule has 1 unspecified atom stereocenters.